The van der Waals surface area contributed by atoms with Crippen LogP contribution in [0.3, 0.4) is 0 Å². The Kier molecular flexibility index (Phi) is 4.71. The zero-order valence-electron chi connectivity index (χ0n) is 13.1. The van der Waals surface area contributed by atoms with Gasteiger partial charge in [0.05, 0.1) is 17.1 Å². The van der Waals surface area contributed by atoms with Gasteiger partial charge in [0.25, 0.3) is 5.91 Å². The fourth-order valence-electron chi connectivity index (χ4n) is 2.49. The highest BCUT2D eigenvalue weighted by molar-refractivity contribution is 6.32. The van der Waals surface area contributed by atoms with E-state index < -0.39 is 12.1 Å². The molecule has 1 unspecified atom stereocenters. The summed E-state index contributed by atoms with van der Waals surface area (Å²) in [5, 5.41) is 0.368. The summed E-state index contributed by atoms with van der Waals surface area (Å²) >= 11 is 5.97. The maximum absolute atomic E-state index is 12.3. The summed E-state index contributed by atoms with van der Waals surface area (Å²) < 4.78 is 10.8. The van der Waals surface area contributed by atoms with Gasteiger partial charge in [-0.1, -0.05) is 35.9 Å². The van der Waals surface area contributed by atoms with Gasteiger partial charge in [-0.25, -0.2) is 0 Å². The number of ether oxygens (including phenoxy) is 2. The summed E-state index contributed by atoms with van der Waals surface area (Å²) in [6.45, 7) is 1.90. The molecule has 1 amide bonds. The van der Waals surface area contributed by atoms with Crippen molar-refractivity contribution < 1.29 is 19.1 Å². The molecule has 0 aromatic heterocycles. The Morgan fingerprint density at radius 3 is 2.71 bits per heavy atom. The van der Waals surface area contributed by atoms with E-state index in [4.69, 9.17) is 21.1 Å². The van der Waals surface area contributed by atoms with Gasteiger partial charge in [-0.3, -0.25) is 9.59 Å². The monoisotopic (exact) mass is 345 g/mol. The van der Waals surface area contributed by atoms with E-state index >= 15 is 0 Å². The van der Waals surface area contributed by atoms with Crippen LogP contribution >= 0.6 is 11.6 Å². The maximum Gasteiger partial charge on any atom is 0.313 e. The number of esters is 1. The summed E-state index contributed by atoms with van der Waals surface area (Å²) in [6, 6.07) is 14.0. The van der Waals surface area contributed by atoms with Crippen molar-refractivity contribution in [1.29, 1.82) is 0 Å². The van der Waals surface area contributed by atoms with Gasteiger partial charge in [-0.05, 0) is 31.2 Å². The SMILES string of the molecule is CC1Oc2ccccc2N(CCC(=O)Oc2ccccc2Cl)C1=O. The molecule has 1 atom stereocenters. The molecule has 0 bridgehead atoms. The minimum absolute atomic E-state index is 0.0536. The van der Waals surface area contributed by atoms with Gasteiger partial charge in [-0.15, -0.1) is 0 Å². The second kappa shape index (κ2) is 6.93. The smallest absolute Gasteiger partial charge is 0.313 e. The van der Waals surface area contributed by atoms with Crippen molar-refractivity contribution in [2.24, 2.45) is 0 Å². The largest absolute Gasteiger partial charge is 0.479 e. The fraction of sp³-hybridized carbons (Fsp3) is 0.222. The van der Waals surface area contributed by atoms with E-state index in [1.54, 1.807) is 48.2 Å². The number of para-hydroxylation sites is 3. The standard InChI is InChI=1S/C18H16ClNO4/c1-12-18(22)20(14-7-3-5-9-16(14)23-12)11-10-17(21)24-15-8-4-2-6-13(15)19/h2-9,12H,10-11H2,1H3. The molecular weight excluding hydrogens is 330 g/mol. The van der Waals surface area contributed by atoms with Crippen LogP contribution in [0, 0.1) is 0 Å². The normalized spacial score (nSPS) is 16.3. The summed E-state index contributed by atoms with van der Waals surface area (Å²) in [5.74, 6) is 0.307. The highest BCUT2D eigenvalue weighted by atomic mass is 35.5. The van der Waals surface area contributed by atoms with Gasteiger partial charge in [0.2, 0.25) is 0 Å². The quantitative estimate of drug-likeness (QED) is 0.629. The lowest BCUT2D eigenvalue weighted by molar-refractivity contribution is -0.134. The summed E-state index contributed by atoms with van der Waals surface area (Å²) in [5.41, 5.74) is 0.658. The number of fused-ring (bicyclic) bond motifs is 1. The molecule has 0 radical (unpaired) electrons. The molecule has 3 rings (SSSR count). The zero-order chi connectivity index (χ0) is 17.1. The van der Waals surface area contributed by atoms with Crippen LogP contribution in [0.25, 0.3) is 0 Å². The molecule has 0 saturated carbocycles. The Balaban J connectivity index is 1.68. The van der Waals surface area contributed by atoms with Crippen LogP contribution in [-0.2, 0) is 9.59 Å². The van der Waals surface area contributed by atoms with Gasteiger partial charge in [0.1, 0.15) is 11.5 Å². The highest BCUT2D eigenvalue weighted by Crippen LogP contribution is 2.33. The third-order valence-electron chi connectivity index (χ3n) is 3.67. The Morgan fingerprint density at radius 1 is 1.21 bits per heavy atom. The Hall–Kier alpha value is -2.53. The van der Waals surface area contributed by atoms with Crippen molar-refractivity contribution in [2.75, 3.05) is 11.4 Å². The number of benzene rings is 2. The van der Waals surface area contributed by atoms with E-state index in [1.807, 2.05) is 12.1 Å². The number of halogens is 1. The molecule has 124 valence electrons. The van der Waals surface area contributed by atoms with Crippen LogP contribution in [-0.4, -0.2) is 24.5 Å². The van der Waals surface area contributed by atoms with E-state index in [1.165, 1.54) is 0 Å². The molecule has 0 fully saturated rings. The van der Waals surface area contributed by atoms with Crippen molar-refractivity contribution in [2.45, 2.75) is 19.4 Å². The lowest BCUT2D eigenvalue weighted by Gasteiger charge is -2.32. The van der Waals surface area contributed by atoms with Gasteiger partial charge >= 0.3 is 5.97 Å². The van der Waals surface area contributed by atoms with Crippen LogP contribution in [0.5, 0.6) is 11.5 Å². The molecule has 1 aliphatic rings. The van der Waals surface area contributed by atoms with Crippen molar-refractivity contribution >= 4 is 29.2 Å². The topological polar surface area (TPSA) is 55.8 Å². The van der Waals surface area contributed by atoms with Crippen LogP contribution in [0.2, 0.25) is 5.02 Å². The van der Waals surface area contributed by atoms with Gasteiger partial charge < -0.3 is 14.4 Å². The predicted octanol–water partition coefficient (Wildman–Crippen LogP) is 3.45. The zero-order valence-corrected chi connectivity index (χ0v) is 13.8. The summed E-state index contributed by atoms with van der Waals surface area (Å²) in [7, 11) is 0. The van der Waals surface area contributed by atoms with E-state index in [9.17, 15) is 9.59 Å². The van der Waals surface area contributed by atoms with Crippen molar-refractivity contribution in [1.82, 2.24) is 0 Å². The number of anilines is 1. The molecule has 0 aliphatic carbocycles. The maximum atomic E-state index is 12.3. The molecule has 0 N–H and O–H groups in total. The number of amides is 1. The number of hydrogen-bond acceptors (Lipinski definition) is 4. The second-order valence-corrected chi connectivity index (χ2v) is 5.78. The van der Waals surface area contributed by atoms with Crippen molar-refractivity contribution in [3.8, 4) is 11.5 Å². The molecule has 6 heteroatoms. The number of carbonyl (C=O) groups is 2. The second-order valence-electron chi connectivity index (χ2n) is 5.37. The first kappa shape index (κ1) is 16.3. The summed E-state index contributed by atoms with van der Waals surface area (Å²) in [4.78, 5) is 26.0. The molecule has 0 saturated heterocycles. The average Bonchev–Trinajstić information content (AvgIpc) is 2.57. The van der Waals surface area contributed by atoms with Crippen LogP contribution in [0.4, 0.5) is 5.69 Å². The Labute approximate surface area is 144 Å². The average molecular weight is 346 g/mol. The number of carbonyl (C=O) groups excluding carboxylic acids is 2. The van der Waals surface area contributed by atoms with Crippen LogP contribution < -0.4 is 14.4 Å². The van der Waals surface area contributed by atoms with Crippen LogP contribution in [0.15, 0.2) is 48.5 Å². The third-order valence-corrected chi connectivity index (χ3v) is 3.99. The molecule has 2 aromatic rings. The number of nitrogens with zero attached hydrogens (tertiary/aromatic N) is 1. The Morgan fingerprint density at radius 2 is 1.92 bits per heavy atom. The first-order valence-corrected chi connectivity index (χ1v) is 7.96. The van der Waals surface area contributed by atoms with E-state index in [2.05, 4.69) is 0 Å². The predicted molar refractivity (Wildman–Crippen MR) is 90.6 cm³/mol. The van der Waals surface area contributed by atoms with Gasteiger partial charge in [0.15, 0.2) is 6.10 Å². The van der Waals surface area contributed by atoms with Crippen molar-refractivity contribution in [3.05, 3.63) is 53.6 Å². The molecule has 2 aromatic carbocycles. The third kappa shape index (κ3) is 3.36. The highest BCUT2D eigenvalue weighted by Gasteiger charge is 2.31. The van der Waals surface area contributed by atoms with E-state index in [0.29, 0.717) is 22.2 Å². The molecule has 1 heterocycles. The van der Waals surface area contributed by atoms with Gasteiger partial charge in [-0.2, -0.15) is 0 Å². The minimum atomic E-state index is -0.584. The Bertz CT molecular complexity index is 777. The van der Waals surface area contributed by atoms with E-state index in [-0.39, 0.29) is 18.9 Å². The summed E-state index contributed by atoms with van der Waals surface area (Å²) in [6.07, 6.45) is -0.530. The van der Waals surface area contributed by atoms with E-state index in [0.717, 1.165) is 0 Å². The molecular formula is C18H16ClNO4. The van der Waals surface area contributed by atoms with Crippen molar-refractivity contribution in [3.63, 3.8) is 0 Å². The molecule has 1 aliphatic heterocycles. The minimum Gasteiger partial charge on any atom is -0.479 e. The molecule has 24 heavy (non-hydrogen) atoms. The molecule has 5 nitrogen and oxygen atoms in total. The fourth-order valence-corrected chi connectivity index (χ4v) is 2.67. The number of rotatable bonds is 4. The van der Waals surface area contributed by atoms with Crippen LogP contribution in [0.1, 0.15) is 13.3 Å². The lowest BCUT2D eigenvalue weighted by Crippen LogP contribution is -2.45. The molecule has 0 spiro atoms. The first-order valence-electron chi connectivity index (χ1n) is 7.58. The van der Waals surface area contributed by atoms with Gasteiger partial charge in [0, 0.05) is 6.54 Å². The first-order chi connectivity index (χ1) is 11.6. The number of hydrogen-bond donors (Lipinski definition) is 0. The lowest BCUT2D eigenvalue weighted by atomic mass is 10.2.